The van der Waals surface area contributed by atoms with Crippen LogP contribution in [-0.4, -0.2) is 28.7 Å². The van der Waals surface area contributed by atoms with E-state index in [-0.39, 0.29) is 17.7 Å². The average Bonchev–Trinajstić information content (AvgIpc) is 3.44. The Hall–Kier alpha value is -3.74. The second kappa shape index (κ2) is 9.38. The van der Waals surface area contributed by atoms with Crippen molar-refractivity contribution in [3.63, 3.8) is 0 Å². The molecule has 1 N–H and O–H groups in total. The zero-order chi connectivity index (χ0) is 21.6. The van der Waals surface area contributed by atoms with Crippen molar-refractivity contribution >= 4 is 16.9 Å². The molecule has 0 saturated heterocycles. The molecule has 0 bridgehead atoms. The number of amides is 1. The Labute approximate surface area is 180 Å². The largest absolute Gasteiger partial charge is 0.490 e. The van der Waals surface area contributed by atoms with Gasteiger partial charge >= 0.3 is 0 Å². The second-order valence-electron chi connectivity index (χ2n) is 7.01. The minimum absolute atomic E-state index is 0.269. The molecule has 1 atom stereocenters. The minimum atomic E-state index is -0.319. The lowest BCUT2D eigenvalue weighted by Gasteiger charge is -2.17. The third-order valence-corrected chi connectivity index (χ3v) is 4.89. The molecule has 4 rings (SSSR count). The Kier molecular flexibility index (Phi) is 6.21. The molecule has 0 aliphatic carbocycles. The van der Waals surface area contributed by atoms with Crippen LogP contribution in [0.2, 0.25) is 0 Å². The number of aromatic nitrogens is 2. The van der Waals surface area contributed by atoms with Crippen molar-refractivity contribution in [3.8, 4) is 11.5 Å². The highest BCUT2D eigenvalue weighted by molar-refractivity contribution is 5.91. The summed E-state index contributed by atoms with van der Waals surface area (Å²) in [5.41, 5.74) is 1.85. The molecule has 2 heterocycles. The summed E-state index contributed by atoms with van der Waals surface area (Å²) in [7, 11) is 0. The summed E-state index contributed by atoms with van der Waals surface area (Å²) in [6.07, 6.45) is 1.48. The molecule has 0 spiro atoms. The highest BCUT2D eigenvalue weighted by Crippen LogP contribution is 2.27. The van der Waals surface area contributed by atoms with E-state index in [1.807, 2.05) is 62.4 Å². The van der Waals surface area contributed by atoms with Gasteiger partial charge in [-0.3, -0.25) is 4.79 Å². The van der Waals surface area contributed by atoms with E-state index in [9.17, 15) is 4.79 Å². The summed E-state index contributed by atoms with van der Waals surface area (Å²) in [6, 6.07) is 18.5. The number of hydrogen-bond donors (Lipinski definition) is 1. The van der Waals surface area contributed by atoms with Crippen molar-refractivity contribution in [1.82, 2.24) is 14.9 Å². The smallest absolute Gasteiger partial charge is 0.287 e. The van der Waals surface area contributed by atoms with Crippen molar-refractivity contribution < 1.29 is 18.7 Å². The lowest BCUT2D eigenvalue weighted by atomic mass is 10.3. The molecule has 2 aromatic heterocycles. The highest BCUT2D eigenvalue weighted by atomic mass is 16.5. The molecule has 2 aromatic carbocycles. The maximum Gasteiger partial charge on any atom is 0.287 e. The molecule has 0 aliphatic heterocycles. The number of hydrogen-bond acceptors (Lipinski definition) is 5. The number of carbonyl (C=O) groups is 1. The number of nitrogens with one attached hydrogen (secondary N) is 1. The molecule has 4 aromatic rings. The van der Waals surface area contributed by atoms with Gasteiger partial charge in [-0.2, -0.15) is 0 Å². The summed E-state index contributed by atoms with van der Waals surface area (Å²) in [5, 5.41) is 2.96. The van der Waals surface area contributed by atoms with Crippen molar-refractivity contribution in [2.45, 2.75) is 26.4 Å². The van der Waals surface area contributed by atoms with E-state index in [4.69, 9.17) is 18.9 Å². The number of para-hydroxylation sites is 4. The van der Waals surface area contributed by atoms with Crippen LogP contribution in [0.1, 0.15) is 36.3 Å². The van der Waals surface area contributed by atoms with Gasteiger partial charge in [0.25, 0.3) is 5.91 Å². The Morgan fingerprint density at radius 3 is 2.55 bits per heavy atom. The Morgan fingerprint density at radius 1 is 1.06 bits per heavy atom. The fraction of sp³-hybridized carbons (Fsp3) is 0.250. The van der Waals surface area contributed by atoms with Crippen LogP contribution >= 0.6 is 0 Å². The molecule has 7 nitrogen and oxygen atoms in total. The Balaban J connectivity index is 1.53. The van der Waals surface area contributed by atoms with Crippen LogP contribution in [0.4, 0.5) is 0 Å². The average molecular weight is 419 g/mol. The van der Waals surface area contributed by atoms with E-state index in [1.165, 1.54) is 6.26 Å². The maximum absolute atomic E-state index is 12.4. The van der Waals surface area contributed by atoms with Crippen LogP contribution < -0.4 is 14.8 Å². The molecule has 1 unspecified atom stereocenters. The molecule has 160 valence electrons. The first-order valence-electron chi connectivity index (χ1n) is 10.3. The number of rotatable bonds is 9. The van der Waals surface area contributed by atoms with Crippen molar-refractivity contribution in [2.75, 3.05) is 13.2 Å². The van der Waals surface area contributed by atoms with Gasteiger partial charge in [-0.1, -0.05) is 24.3 Å². The summed E-state index contributed by atoms with van der Waals surface area (Å²) < 4.78 is 18.9. The second-order valence-corrected chi connectivity index (χ2v) is 7.01. The molecular weight excluding hydrogens is 394 g/mol. The van der Waals surface area contributed by atoms with Gasteiger partial charge in [0.15, 0.2) is 17.3 Å². The fourth-order valence-electron chi connectivity index (χ4n) is 3.49. The zero-order valence-electron chi connectivity index (χ0n) is 17.6. The topological polar surface area (TPSA) is 78.5 Å². The van der Waals surface area contributed by atoms with Gasteiger partial charge in [-0.25, -0.2) is 4.98 Å². The zero-order valence-corrected chi connectivity index (χ0v) is 17.6. The van der Waals surface area contributed by atoms with E-state index < -0.39 is 0 Å². The van der Waals surface area contributed by atoms with Gasteiger partial charge in [0, 0.05) is 0 Å². The molecule has 0 saturated carbocycles. The maximum atomic E-state index is 12.4. The number of imidazole rings is 1. The van der Waals surface area contributed by atoms with Gasteiger partial charge in [0.1, 0.15) is 12.4 Å². The van der Waals surface area contributed by atoms with Gasteiger partial charge in [0.05, 0.1) is 36.5 Å². The minimum Gasteiger partial charge on any atom is -0.490 e. The van der Waals surface area contributed by atoms with E-state index in [2.05, 4.69) is 9.88 Å². The monoisotopic (exact) mass is 419 g/mol. The van der Waals surface area contributed by atoms with Gasteiger partial charge in [-0.05, 0) is 50.2 Å². The molecular formula is C24H25N3O4. The quantitative estimate of drug-likeness (QED) is 0.429. The molecule has 1 amide bonds. The number of fused-ring (bicyclic) bond motifs is 1. The van der Waals surface area contributed by atoms with Crippen LogP contribution in [0.15, 0.2) is 71.3 Å². The molecule has 7 heteroatoms. The first-order chi connectivity index (χ1) is 15.2. The lowest BCUT2D eigenvalue weighted by molar-refractivity contribution is 0.0909. The van der Waals surface area contributed by atoms with Crippen molar-refractivity contribution in [3.05, 3.63) is 78.5 Å². The molecule has 31 heavy (non-hydrogen) atoms. The molecule has 0 aliphatic rings. The van der Waals surface area contributed by atoms with Gasteiger partial charge in [-0.15, -0.1) is 0 Å². The number of furan rings is 1. The number of carbonyl (C=O) groups excluding carboxylic acids is 1. The summed E-state index contributed by atoms with van der Waals surface area (Å²) >= 11 is 0. The summed E-state index contributed by atoms with van der Waals surface area (Å²) in [4.78, 5) is 17.2. The van der Waals surface area contributed by atoms with Gasteiger partial charge < -0.3 is 23.8 Å². The SMILES string of the molecule is CCOc1ccccc1OCCn1c(C(C)NC(=O)c2ccco2)nc2ccccc21. The van der Waals surface area contributed by atoms with Crippen LogP contribution in [0.3, 0.4) is 0 Å². The molecule has 0 radical (unpaired) electrons. The van der Waals surface area contributed by atoms with Gasteiger partial charge in [0.2, 0.25) is 0 Å². The van der Waals surface area contributed by atoms with Crippen LogP contribution in [0.5, 0.6) is 11.5 Å². The highest BCUT2D eigenvalue weighted by Gasteiger charge is 2.20. The van der Waals surface area contributed by atoms with Crippen molar-refractivity contribution in [2.24, 2.45) is 0 Å². The summed E-state index contributed by atoms with van der Waals surface area (Å²) in [6.45, 7) is 5.42. The Bertz CT molecular complexity index is 1150. The predicted molar refractivity (Wildman–Crippen MR) is 117 cm³/mol. The standard InChI is InChI=1S/C24H25N3O4/c1-3-29-20-11-6-7-12-21(20)31-16-14-27-19-10-5-4-9-18(19)26-23(27)17(2)25-24(28)22-13-8-15-30-22/h4-13,15,17H,3,14,16H2,1-2H3,(H,25,28). The van der Waals surface area contributed by atoms with Crippen LogP contribution in [0.25, 0.3) is 11.0 Å². The first-order valence-corrected chi connectivity index (χ1v) is 10.3. The number of ether oxygens (including phenoxy) is 2. The van der Waals surface area contributed by atoms with E-state index >= 15 is 0 Å². The summed E-state index contributed by atoms with van der Waals surface area (Å²) in [5.74, 6) is 2.17. The first kappa shape index (κ1) is 20.5. The lowest BCUT2D eigenvalue weighted by Crippen LogP contribution is -2.28. The van der Waals surface area contributed by atoms with E-state index in [0.29, 0.717) is 25.5 Å². The van der Waals surface area contributed by atoms with Crippen LogP contribution in [0, 0.1) is 0 Å². The van der Waals surface area contributed by atoms with E-state index in [0.717, 1.165) is 22.6 Å². The number of benzene rings is 2. The van der Waals surface area contributed by atoms with E-state index in [1.54, 1.807) is 12.1 Å². The third-order valence-electron chi connectivity index (χ3n) is 4.89. The third kappa shape index (κ3) is 4.55. The number of nitrogens with zero attached hydrogens (tertiary/aromatic N) is 2. The Morgan fingerprint density at radius 2 is 1.81 bits per heavy atom. The molecule has 0 fully saturated rings. The van der Waals surface area contributed by atoms with Crippen LogP contribution in [-0.2, 0) is 6.54 Å². The normalized spacial score (nSPS) is 11.9. The fourth-order valence-corrected chi connectivity index (χ4v) is 3.49. The predicted octanol–water partition coefficient (Wildman–Crippen LogP) is 4.60. The van der Waals surface area contributed by atoms with Crippen molar-refractivity contribution in [1.29, 1.82) is 0 Å².